The van der Waals surface area contributed by atoms with Crippen molar-refractivity contribution in [3.8, 4) is 0 Å². The summed E-state index contributed by atoms with van der Waals surface area (Å²) in [5.74, 6) is 0.642. The summed E-state index contributed by atoms with van der Waals surface area (Å²) in [5, 5.41) is 7.19. The van der Waals surface area contributed by atoms with Crippen LogP contribution in [0.4, 0.5) is 11.5 Å². The molecule has 2 aromatic rings. The highest BCUT2D eigenvalue weighted by atomic mass is 32.2. The van der Waals surface area contributed by atoms with Gasteiger partial charge in [-0.2, -0.15) is 5.10 Å². The lowest BCUT2D eigenvalue weighted by Crippen LogP contribution is -2.24. The summed E-state index contributed by atoms with van der Waals surface area (Å²) in [6, 6.07) is 4.62. The molecule has 0 spiro atoms. The molecule has 0 fully saturated rings. The molecule has 0 atom stereocenters. The van der Waals surface area contributed by atoms with Crippen molar-refractivity contribution >= 4 is 21.5 Å². The second kappa shape index (κ2) is 5.45. The second-order valence-corrected chi connectivity index (χ2v) is 7.29. The summed E-state index contributed by atoms with van der Waals surface area (Å²) in [6.45, 7) is 5.93. The zero-order chi connectivity index (χ0) is 16.5. The largest absolute Gasteiger partial charge is 0.339 e. The monoisotopic (exact) mass is 310 g/mol. The molecule has 2 aromatic heterocycles. The Balaban J connectivity index is 2.29. The van der Waals surface area contributed by atoms with Crippen LogP contribution < -0.4 is 10.0 Å². The van der Waals surface area contributed by atoms with Crippen molar-refractivity contribution < 1.29 is 9.79 Å². The quantitative estimate of drug-likeness (QED) is 0.897. The van der Waals surface area contributed by atoms with Gasteiger partial charge in [-0.1, -0.05) is 0 Å². The van der Waals surface area contributed by atoms with Gasteiger partial charge in [0.25, 0.3) is 10.0 Å². The van der Waals surface area contributed by atoms with Crippen LogP contribution >= 0.6 is 0 Å². The molecule has 2 rings (SSSR count). The van der Waals surface area contributed by atoms with E-state index in [1.807, 2.05) is 20.8 Å². The Labute approximate surface area is 125 Å². The molecular formula is C13H19N5O2S. The van der Waals surface area contributed by atoms with Gasteiger partial charge in [0, 0.05) is 6.07 Å². The Bertz CT molecular complexity index is 763. The number of sulfonamides is 1. The zero-order valence-electron chi connectivity index (χ0n) is 13.4. The van der Waals surface area contributed by atoms with Gasteiger partial charge in [0.15, 0.2) is 5.03 Å². The van der Waals surface area contributed by atoms with Crippen molar-refractivity contribution in [2.24, 2.45) is 0 Å². The third-order valence-electron chi connectivity index (χ3n) is 2.78. The van der Waals surface area contributed by atoms with Gasteiger partial charge in [0.2, 0.25) is 0 Å². The van der Waals surface area contributed by atoms with E-state index in [1.54, 1.807) is 16.8 Å². The maximum atomic E-state index is 11.6. The third kappa shape index (κ3) is 3.40. The molecule has 21 heavy (non-hydrogen) atoms. The van der Waals surface area contributed by atoms with Gasteiger partial charge in [-0.3, -0.25) is 0 Å². The van der Waals surface area contributed by atoms with E-state index in [2.05, 4.69) is 20.1 Å². The van der Waals surface area contributed by atoms with Crippen molar-refractivity contribution in [1.29, 1.82) is 0 Å². The van der Waals surface area contributed by atoms with E-state index < -0.39 is 10.0 Å². The van der Waals surface area contributed by atoms with Crippen molar-refractivity contribution in [3.05, 3.63) is 30.6 Å². The predicted octanol–water partition coefficient (Wildman–Crippen LogP) is 1.68. The van der Waals surface area contributed by atoms with Crippen LogP contribution in [0, 0.1) is 0 Å². The summed E-state index contributed by atoms with van der Waals surface area (Å²) < 4.78 is 34.8. The fraction of sp³-hybridized carbons (Fsp3) is 0.385. The lowest BCUT2D eigenvalue weighted by atomic mass is 10.1. The summed E-state index contributed by atoms with van der Waals surface area (Å²) in [7, 11) is -2.22. The molecule has 0 unspecified atom stereocenters. The second-order valence-electron chi connectivity index (χ2n) is 5.46. The summed E-state index contributed by atoms with van der Waals surface area (Å²) in [5.41, 5.74) is 0.324. The van der Waals surface area contributed by atoms with Gasteiger partial charge in [0.1, 0.15) is 5.82 Å². The first-order chi connectivity index (χ1) is 10.1. The number of pyridine rings is 1. The molecule has 114 valence electrons. The molecule has 0 aromatic carbocycles. The Morgan fingerprint density at radius 2 is 2.00 bits per heavy atom. The Morgan fingerprint density at radius 3 is 2.52 bits per heavy atom. The van der Waals surface area contributed by atoms with E-state index in [9.17, 15) is 8.42 Å². The van der Waals surface area contributed by atoms with Crippen LogP contribution in [0.15, 0.2) is 35.6 Å². The first-order valence-electron chi connectivity index (χ1n) is 6.87. The maximum Gasteiger partial charge on any atom is 0.257 e. The maximum absolute atomic E-state index is 11.6. The molecule has 0 aliphatic rings. The van der Waals surface area contributed by atoms with Crippen LogP contribution in [-0.2, 0) is 15.6 Å². The number of nitrogens with zero attached hydrogens (tertiary/aromatic N) is 3. The zero-order valence-corrected chi connectivity index (χ0v) is 13.2. The van der Waals surface area contributed by atoms with Gasteiger partial charge < -0.3 is 5.32 Å². The molecule has 0 radical (unpaired) electrons. The van der Waals surface area contributed by atoms with Gasteiger partial charge in [-0.05, 0) is 40.0 Å². The highest BCUT2D eigenvalue weighted by molar-refractivity contribution is 7.89. The Hall–Kier alpha value is -1.93. The van der Waals surface area contributed by atoms with E-state index in [-0.39, 0.29) is 16.7 Å². The number of aromatic nitrogens is 3. The molecule has 0 bridgehead atoms. The molecule has 0 aliphatic heterocycles. The van der Waals surface area contributed by atoms with E-state index in [0.717, 1.165) is 0 Å². The molecule has 2 heterocycles. The molecule has 0 amide bonds. The molecule has 0 saturated carbocycles. The molecular weight excluding hydrogens is 290 g/mol. The third-order valence-corrected chi connectivity index (χ3v) is 4.11. The minimum absolute atomic E-state index is 0.0499. The lowest BCUT2D eigenvalue weighted by molar-refractivity contribution is 0.361. The smallest absolute Gasteiger partial charge is 0.257 e. The summed E-state index contributed by atoms with van der Waals surface area (Å²) in [6.07, 6.45) is 1.58. The Kier molecular flexibility index (Phi) is 3.64. The van der Waals surface area contributed by atoms with Crippen molar-refractivity contribution in [1.82, 2.24) is 19.5 Å². The fourth-order valence-electron chi connectivity index (χ4n) is 1.73. The summed E-state index contributed by atoms with van der Waals surface area (Å²) >= 11 is 0. The van der Waals surface area contributed by atoms with Crippen LogP contribution in [0.1, 0.15) is 22.1 Å². The normalized spacial score (nSPS) is 13.0. The van der Waals surface area contributed by atoms with Crippen LogP contribution in [0.3, 0.4) is 0 Å². The van der Waals surface area contributed by atoms with E-state index >= 15 is 0 Å². The summed E-state index contributed by atoms with van der Waals surface area (Å²) in [4.78, 5) is 3.93. The average Bonchev–Trinajstić information content (AvgIpc) is 2.80. The highest BCUT2D eigenvalue weighted by Gasteiger charge is 2.17. The van der Waals surface area contributed by atoms with Crippen LogP contribution in [0.5, 0.6) is 0 Å². The fourth-order valence-corrected chi connectivity index (χ4v) is 2.38. The van der Waals surface area contributed by atoms with E-state index in [4.69, 9.17) is 1.37 Å². The molecule has 7 nitrogen and oxygen atoms in total. The number of nitrogens with one attached hydrogen (secondary N) is 2. The molecule has 8 heteroatoms. The van der Waals surface area contributed by atoms with Gasteiger partial charge in [0.05, 0.1) is 25.0 Å². The van der Waals surface area contributed by atoms with Crippen molar-refractivity contribution in [2.45, 2.75) is 31.3 Å². The van der Waals surface area contributed by atoms with Crippen LogP contribution in [0.25, 0.3) is 0 Å². The number of anilines is 2. The minimum Gasteiger partial charge on any atom is -0.339 e. The molecule has 0 aliphatic carbocycles. The van der Waals surface area contributed by atoms with Crippen molar-refractivity contribution in [2.75, 3.05) is 12.4 Å². The molecule has 0 saturated heterocycles. The Morgan fingerprint density at radius 1 is 1.29 bits per heavy atom. The van der Waals surface area contributed by atoms with Gasteiger partial charge in [-0.25, -0.2) is 22.8 Å². The van der Waals surface area contributed by atoms with Gasteiger partial charge >= 0.3 is 0 Å². The number of hydrogen-bond donors (Lipinski definition) is 2. The van der Waals surface area contributed by atoms with E-state index in [0.29, 0.717) is 11.5 Å². The van der Waals surface area contributed by atoms with Crippen molar-refractivity contribution in [3.63, 3.8) is 0 Å². The first-order valence-corrected chi connectivity index (χ1v) is 7.85. The number of rotatable bonds is 4. The minimum atomic E-state index is -3.55. The average molecular weight is 310 g/mol. The first kappa shape index (κ1) is 14.0. The standard InChI is InChI=1S/C13H19N5O2S/c1-13(2,3)18-11(7-8-16-18)17-10-5-6-12(15-9-10)21(19,20)14-4/h5-9,14,17H,1-4H3/i8D. The highest BCUT2D eigenvalue weighted by Crippen LogP contribution is 2.22. The molecule has 2 N–H and O–H groups in total. The lowest BCUT2D eigenvalue weighted by Gasteiger charge is -2.22. The SMILES string of the molecule is [2H]c1cc(Nc2ccc(S(=O)(=O)NC)nc2)n(C(C)(C)C)n1. The predicted molar refractivity (Wildman–Crippen MR) is 81.0 cm³/mol. The van der Waals surface area contributed by atoms with E-state index in [1.165, 1.54) is 19.3 Å². The number of hydrogen-bond acceptors (Lipinski definition) is 5. The van der Waals surface area contributed by atoms with Gasteiger partial charge in [-0.15, -0.1) is 0 Å². The van der Waals surface area contributed by atoms with Crippen LogP contribution in [-0.4, -0.2) is 30.2 Å². The topological polar surface area (TPSA) is 88.9 Å². The van der Waals surface area contributed by atoms with Crippen LogP contribution in [0.2, 0.25) is 0 Å².